The molecule has 1 heterocycles. The summed E-state index contributed by atoms with van der Waals surface area (Å²) >= 11 is 0. The third kappa shape index (κ3) is 4.42. The third-order valence-electron chi connectivity index (χ3n) is 2.73. The Hall–Kier alpha value is -0.900. The molecule has 86 valence electrons. The van der Waals surface area contributed by atoms with Gasteiger partial charge in [0.2, 0.25) is 0 Å². The molecular weight excluding hydrogens is 188 g/mol. The van der Waals surface area contributed by atoms with Crippen molar-refractivity contribution in [2.75, 3.05) is 0 Å². The molecule has 4 nitrogen and oxygen atoms in total. The lowest BCUT2D eigenvalue weighted by molar-refractivity contribution is 0.410. The normalized spacial score (nSPS) is 15.2. The average molecular weight is 210 g/mol. The first kappa shape index (κ1) is 12.2. The number of nitrogens with zero attached hydrogens (tertiary/aromatic N) is 3. The molecule has 0 amide bonds. The fourth-order valence-electron chi connectivity index (χ4n) is 1.61. The fourth-order valence-corrected chi connectivity index (χ4v) is 1.61. The number of nitrogens with one attached hydrogen (secondary N) is 1. The molecule has 1 aromatic rings. The summed E-state index contributed by atoms with van der Waals surface area (Å²) in [5.74, 6) is 0.786. The van der Waals surface area contributed by atoms with Gasteiger partial charge < -0.3 is 5.32 Å². The Kier molecular flexibility index (Phi) is 4.75. The monoisotopic (exact) mass is 210 g/mol. The Morgan fingerprint density at radius 2 is 2.20 bits per heavy atom. The lowest BCUT2D eigenvalue weighted by atomic mass is 10.0. The van der Waals surface area contributed by atoms with Crippen LogP contribution < -0.4 is 5.32 Å². The van der Waals surface area contributed by atoms with Gasteiger partial charge in [0.1, 0.15) is 0 Å². The van der Waals surface area contributed by atoms with Crippen molar-refractivity contribution in [3.8, 4) is 0 Å². The fraction of sp³-hybridized carbons (Fsp3) is 0.818. The van der Waals surface area contributed by atoms with Crippen LogP contribution in [0.5, 0.6) is 0 Å². The summed E-state index contributed by atoms with van der Waals surface area (Å²) in [6.45, 7) is 7.56. The molecule has 0 saturated heterocycles. The first-order valence-electron chi connectivity index (χ1n) is 5.70. The zero-order valence-corrected chi connectivity index (χ0v) is 10.2. The molecule has 2 unspecified atom stereocenters. The van der Waals surface area contributed by atoms with Crippen LogP contribution in [0.3, 0.4) is 0 Å². The second kappa shape index (κ2) is 5.85. The maximum Gasteiger partial charge on any atom is 0.0964 e. The molecule has 0 saturated carbocycles. The zero-order valence-electron chi connectivity index (χ0n) is 10.2. The van der Waals surface area contributed by atoms with Crippen molar-refractivity contribution in [2.45, 2.75) is 46.2 Å². The van der Waals surface area contributed by atoms with Gasteiger partial charge in [0.05, 0.1) is 5.69 Å². The Morgan fingerprint density at radius 3 is 2.73 bits per heavy atom. The van der Waals surface area contributed by atoms with Crippen LogP contribution >= 0.6 is 0 Å². The van der Waals surface area contributed by atoms with Gasteiger partial charge in [0, 0.05) is 25.8 Å². The Bertz CT molecular complexity index is 282. The van der Waals surface area contributed by atoms with Gasteiger partial charge in [0.15, 0.2) is 0 Å². The smallest absolute Gasteiger partial charge is 0.0964 e. The molecule has 1 N–H and O–H groups in total. The Morgan fingerprint density at radius 1 is 1.47 bits per heavy atom. The molecule has 15 heavy (non-hydrogen) atoms. The van der Waals surface area contributed by atoms with Gasteiger partial charge in [-0.15, -0.1) is 5.10 Å². The maximum absolute atomic E-state index is 4.04. The van der Waals surface area contributed by atoms with Crippen molar-refractivity contribution in [3.05, 3.63) is 11.9 Å². The summed E-state index contributed by atoms with van der Waals surface area (Å²) in [6, 6.07) is 0.543. The predicted octanol–water partition coefficient (Wildman–Crippen LogP) is 1.73. The van der Waals surface area contributed by atoms with Crippen LogP contribution in [-0.4, -0.2) is 21.0 Å². The van der Waals surface area contributed by atoms with Crippen LogP contribution in [0.2, 0.25) is 0 Å². The van der Waals surface area contributed by atoms with Crippen LogP contribution in [0, 0.1) is 5.92 Å². The molecule has 1 aromatic heterocycles. The molecular formula is C11H22N4. The highest BCUT2D eigenvalue weighted by Gasteiger charge is 2.07. The average Bonchev–Trinajstić information content (AvgIpc) is 2.61. The highest BCUT2D eigenvalue weighted by Crippen LogP contribution is 2.09. The molecule has 0 spiro atoms. The summed E-state index contributed by atoms with van der Waals surface area (Å²) in [7, 11) is 1.89. The second-order valence-corrected chi connectivity index (χ2v) is 4.41. The largest absolute Gasteiger partial charge is 0.309 e. The Labute approximate surface area is 92.1 Å². The second-order valence-electron chi connectivity index (χ2n) is 4.41. The lowest BCUT2D eigenvalue weighted by Gasteiger charge is -2.16. The van der Waals surface area contributed by atoms with E-state index in [0.29, 0.717) is 6.04 Å². The van der Waals surface area contributed by atoms with Gasteiger partial charge in [-0.25, -0.2) is 0 Å². The molecule has 0 radical (unpaired) electrons. The zero-order chi connectivity index (χ0) is 11.3. The molecule has 0 aromatic carbocycles. The highest BCUT2D eigenvalue weighted by atomic mass is 15.4. The van der Waals surface area contributed by atoms with E-state index in [1.165, 1.54) is 12.8 Å². The van der Waals surface area contributed by atoms with Gasteiger partial charge in [0.25, 0.3) is 0 Å². The maximum atomic E-state index is 4.04. The molecule has 0 aliphatic rings. The van der Waals surface area contributed by atoms with Crippen molar-refractivity contribution in [3.63, 3.8) is 0 Å². The minimum Gasteiger partial charge on any atom is -0.309 e. The molecule has 2 atom stereocenters. The van der Waals surface area contributed by atoms with Crippen LogP contribution in [0.15, 0.2) is 6.20 Å². The van der Waals surface area contributed by atoms with Crippen molar-refractivity contribution < 1.29 is 0 Å². The first-order valence-corrected chi connectivity index (χ1v) is 5.70. The van der Waals surface area contributed by atoms with E-state index in [2.05, 4.69) is 36.4 Å². The quantitative estimate of drug-likeness (QED) is 0.777. The number of hydrogen-bond donors (Lipinski definition) is 1. The SMILES string of the molecule is CCC(C)CC(C)NCc1cn(C)nn1. The van der Waals surface area contributed by atoms with Gasteiger partial charge in [-0.05, 0) is 19.3 Å². The van der Waals surface area contributed by atoms with Crippen LogP contribution in [-0.2, 0) is 13.6 Å². The lowest BCUT2D eigenvalue weighted by Crippen LogP contribution is -2.27. The third-order valence-corrected chi connectivity index (χ3v) is 2.73. The summed E-state index contributed by atoms with van der Waals surface area (Å²) < 4.78 is 1.73. The molecule has 0 bridgehead atoms. The van der Waals surface area contributed by atoms with Crippen LogP contribution in [0.4, 0.5) is 0 Å². The van der Waals surface area contributed by atoms with E-state index < -0.39 is 0 Å². The predicted molar refractivity (Wildman–Crippen MR) is 61.4 cm³/mol. The van der Waals surface area contributed by atoms with Crippen molar-refractivity contribution >= 4 is 0 Å². The molecule has 0 aliphatic heterocycles. The summed E-state index contributed by atoms with van der Waals surface area (Å²) in [6.07, 6.45) is 4.41. The van der Waals surface area contributed by atoms with Crippen LogP contribution in [0.1, 0.15) is 39.3 Å². The van der Waals surface area contributed by atoms with Gasteiger partial charge >= 0.3 is 0 Å². The first-order chi connectivity index (χ1) is 7.11. The molecule has 1 rings (SSSR count). The molecule has 4 heteroatoms. The minimum absolute atomic E-state index is 0.543. The van der Waals surface area contributed by atoms with Crippen molar-refractivity contribution in [2.24, 2.45) is 13.0 Å². The van der Waals surface area contributed by atoms with E-state index >= 15 is 0 Å². The number of aromatic nitrogens is 3. The van der Waals surface area contributed by atoms with E-state index in [1.807, 2.05) is 13.2 Å². The van der Waals surface area contributed by atoms with E-state index in [0.717, 1.165) is 18.2 Å². The summed E-state index contributed by atoms with van der Waals surface area (Å²) in [5.41, 5.74) is 1.01. The van der Waals surface area contributed by atoms with E-state index in [1.54, 1.807) is 4.68 Å². The van der Waals surface area contributed by atoms with Crippen LogP contribution in [0.25, 0.3) is 0 Å². The van der Waals surface area contributed by atoms with Crippen molar-refractivity contribution in [1.82, 2.24) is 20.3 Å². The van der Waals surface area contributed by atoms with E-state index in [9.17, 15) is 0 Å². The highest BCUT2D eigenvalue weighted by molar-refractivity contribution is 4.91. The van der Waals surface area contributed by atoms with E-state index in [4.69, 9.17) is 0 Å². The van der Waals surface area contributed by atoms with Crippen molar-refractivity contribution in [1.29, 1.82) is 0 Å². The van der Waals surface area contributed by atoms with Gasteiger partial charge in [-0.1, -0.05) is 25.5 Å². The van der Waals surface area contributed by atoms with E-state index in [-0.39, 0.29) is 0 Å². The number of rotatable bonds is 6. The molecule has 0 aliphatic carbocycles. The number of hydrogen-bond acceptors (Lipinski definition) is 3. The number of aryl methyl sites for hydroxylation is 1. The Balaban J connectivity index is 2.25. The van der Waals surface area contributed by atoms with Gasteiger partial charge in [-0.3, -0.25) is 4.68 Å². The topological polar surface area (TPSA) is 42.7 Å². The van der Waals surface area contributed by atoms with Gasteiger partial charge in [-0.2, -0.15) is 0 Å². The standard InChI is InChI=1S/C11H22N4/c1-5-9(2)6-10(3)12-7-11-8-15(4)14-13-11/h8-10,12H,5-7H2,1-4H3. The summed E-state index contributed by atoms with van der Waals surface area (Å²) in [4.78, 5) is 0. The molecule has 0 fully saturated rings. The minimum atomic E-state index is 0.543. The summed E-state index contributed by atoms with van der Waals surface area (Å²) in [5, 5.41) is 11.4.